The fourth-order valence-electron chi connectivity index (χ4n) is 8.28. The molecule has 2 aliphatic heterocycles. The highest BCUT2D eigenvalue weighted by Gasteiger charge is 2.62. The number of nitrogens with zero attached hydrogens (tertiary/aromatic N) is 2. The van der Waals surface area contributed by atoms with Crippen molar-refractivity contribution >= 4 is 44.4 Å². The van der Waals surface area contributed by atoms with Crippen LogP contribution >= 0.6 is 0 Å². The lowest BCUT2D eigenvalue weighted by Crippen LogP contribution is -2.48. The quantitative estimate of drug-likeness (QED) is 0.237. The lowest BCUT2D eigenvalue weighted by molar-refractivity contribution is -0.160. The number of benzene rings is 1. The predicted molar refractivity (Wildman–Crippen MR) is 201 cm³/mol. The molecule has 0 radical (unpaired) electrons. The molecular weight excluding hydrogens is 714 g/mol. The Morgan fingerprint density at radius 3 is 2.56 bits per heavy atom. The third-order valence-electron chi connectivity index (χ3n) is 11.9. The Morgan fingerprint density at radius 1 is 1.13 bits per heavy atom. The van der Waals surface area contributed by atoms with Crippen LogP contribution in [0, 0.1) is 34.9 Å². The molecule has 0 bridgehead atoms. The van der Waals surface area contributed by atoms with Gasteiger partial charge < -0.3 is 14.4 Å². The van der Waals surface area contributed by atoms with Crippen molar-refractivity contribution in [3.05, 3.63) is 48.4 Å². The molecule has 1 aromatic carbocycles. The molecule has 2 aromatic rings. The number of esters is 1. The van der Waals surface area contributed by atoms with Crippen molar-refractivity contribution in [1.29, 1.82) is 0 Å². The van der Waals surface area contributed by atoms with Gasteiger partial charge in [0, 0.05) is 24.4 Å². The van der Waals surface area contributed by atoms with Gasteiger partial charge in [-0.05, 0) is 114 Å². The van der Waals surface area contributed by atoms with Gasteiger partial charge in [0.25, 0.3) is 0 Å². The average molecular weight is 768 g/mol. The number of nitrogens with one attached hydrogen (secondary N) is 1. The topological polar surface area (TPSA) is 149 Å². The number of amides is 2. The largest absolute Gasteiger partial charge is 0.472 e. The van der Waals surface area contributed by atoms with Gasteiger partial charge in [-0.3, -0.25) is 23.9 Å². The van der Waals surface area contributed by atoms with Crippen LogP contribution in [0.2, 0.25) is 0 Å². The highest BCUT2D eigenvalue weighted by atomic mass is 32.2. The number of sulfonamides is 1. The molecule has 11 nitrogen and oxygen atoms in total. The summed E-state index contributed by atoms with van der Waals surface area (Å²) in [5.41, 5.74) is -2.05. The maximum absolute atomic E-state index is 14.9. The molecule has 4 aliphatic rings. The third kappa shape index (κ3) is 8.50. The summed E-state index contributed by atoms with van der Waals surface area (Å²) in [6.07, 6.45) is 8.45. The first-order valence-electron chi connectivity index (χ1n) is 19.3. The molecule has 1 aromatic heterocycles. The Hall–Kier alpha value is -3.87. The second-order valence-corrected chi connectivity index (χ2v) is 19.6. The Morgan fingerprint density at radius 2 is 1.87 bits per heavy atom. The van der Waals surface area contributed by atoms with E-state index in [4.69, 9.17) is 9.47 Å². The highest BCUT2D eigenvalue weighted by Crippen LogP contribution is 2.57. The zero-order chi connectivity index (χ0) is 39.2. The summed E-state index contributed by atoms with van der Waals surface area (Å²) in [4.78, 5) is 62.8. The van der Waals surface area contributed by atoms with Crippen molar-refractivity contribution < 1.29 is 41.5 Å². The summed E-state index contributed by atoms with van der Waals surface area (Å²) < 4.78 is 53.9. The Labute approximate surface area is 317 Å². The van der Waals surface area contributed by atoms with E-state index in [9.17, 15) is 32.0 Å². The van der Waals surface area contributed by atoms with Gasteiger partial charge >= 0.3 is 5.97 Å². The molecule has 54 heavy (non-hydrogen) atoms. The van der Waals surface area contributed by atoms with Gasteiger partial charge in [-0.2, -0.15) is 0 Å². The molecule has 3 fully saturated rings. The molecule has 1 N–H and O–H groups in total. The van der Waals surface area contributed by atoms with Crippen LogP contribution < -0.4 is 9.46 Å². The van der Waals surface area contributed by atoms with Crippen LogP contribution in [0.3, 0.4) is 0 Å². The minimum atomic E-state index is -3.96. The molecule has 0 unspecified atom stereocenters. The van der Waals surface area contributed by atoms with Gasteiger partial charge in [0.05, 0.1) is 35.1 Å². The minimum absolute atomic E-state index is 0.0145. The van der Waals surface area contributed by atoms with E-state index in [1.165, 1.54) is 23.2 Å². The van der Waals surface area contributed by atoms with E-state index in [1.54, 1.807) is 39.8 Å². The number of allylic oxidation sites excluding steroid dienone is 2. The number of rotatable bonds is 8. The van der Waals surface area contributed by atoms with Crippen molar-refractivity contribution in [2.75, 3.05) is 6.54 Å². The number of hydrogen-bond acceptors (Lipinski definition) is 9. The third-order valence-corrected chi connectivity index (χ3v) is 14.1. The van der Waals surface area contributed by atoms with Crippen molar-refractivity contribution in [2.45, 2.75) is 128 Å². The van der Waals surface area contributed by atoms with Crippen molar-refractivity contribution in [2.24, 2.45) is 29.1 Å². The van der Waals surface area contributed by atoms with Gasteiger partial charge in [0.15, 0.2) is 5.78 Å². The lowest BCUT2D eigenvalue weighted by Gasteiger charge is -2.33. The monoisotopic (exact) mass is 767 g/mol. The molecule has 6 rings (SSSR count). The van der Waals surface area contributed by atoms with Crippen LogP contribution in [-0.2, 0) is 33.9 Å². The Bertz CT molecular complexity index is 1940. The van der Waals surface area contributed by atoms with Crippen molar-refractivity contribution in [1.82, 2.24) is 14.6 Å². The number of ether oxygens (including phenoxy) is 2. The van der Waals surface area contributed by atoms with Crippen LogP contribution in [0.4, 0.5) is 4.39 Å². The van der Waals surface area contributed by atoms with E-state index in [0.717, 1.165) is 6.42 Å². The summed E-state index contributed by atoms with van der Waals surface area (Å²) in [5.74, 6) is -3.23. The smallest absolute Gasteiger partial charge is 0.307 e. The molecule has 7 atom stereocenters. The van der Waals surface area contributed by atoms with Gasteiger partial charge in [0.2, 0.25) is 27.7 Å². The standard InChI is InChI=1S/C41H54FN3O8S/c1-7-26-18-25(2)10-8-9-11-28-22-41(28,38(49)44-54(50,51)40(6)15-16-40)23-34(46)33-20-30(52-36-31-13-12-29(42)19-27(31)14-17-43-36)24-45(33)37(48)32(26)21-35(47)53-39(3,4)5/h9,11-14,17,19,25-26,28,30,32-33H,7-8,10,15-16,18,20-24H2,1-6H3,(H,44,49)/b11-9-/t25-,26-,28-,30-,32+,33+,41-/m1/s1. The number of halogens is 1. The average Bonchev–Trinajstić information content (AvgIpc) is 3.97. The summed E-state index contributed by atoms with van der Waals surface area (Å²) in [6.45, 7) is 11.1. The van der Waals surface area contributed by atoms with E-state index in [-0.39, 0.29) is 61.1 Å². The maximum Gasteiger partial charge on any atom is 0.307 e. The summed E-state index contributed by atoms with van der Waals surface area (Å²) >= 11 is 0. The van der Waals surface area contributed by atoms with Gasteiger partial charge in [0.1, 0.15) is 17.5 Å². The number of Topliss-reactive ketones (excluding diaryl/α,β-unsaturated/α-hetero) is 1. The minimum Gasteiger partial charge on any atom is -0.472 e. The lowest BCUT2D eigenvalue weighted by atomic mass is 9.79. The van der Waals surface area contributed by atoms with Gasteiger partial charge in [-0.1, -0.05) is 32.4 Å². The van der Waals surface area contributed by atoms with Crippen LogP contribution in [0.1, 0.15) is 106 Å². The van der Waals surface area contributed by atoms with Crippen LogP contribution in [-0.4, -0.2) is 70.9 Å². The molecule has 2 saturated carbocycles. The molecule has 294 valence electrons. The number of hydrogen-bond donors (Lipinski definition) is 1. The molecule has 0 spiro atoms. The van der Waals surface area contributed by atoms with Crippen LogP contribution in [0.5, 0.6) is 5.88 Å². The fraction of sp³-hybridized carbons (Fsp3) is 0.634. The van der Waals surface area contributed by atoms with Crippen LogP contribution in [0.15, 0.2) is 42.6 Å². The molecule has 1 saturated heterocycles. The first-order chi connectivity index (χ1) is 25.3. The number of aromatic nitrogens is 1. The fourth-order valence-corrected chi connectivity index (χ4v) is 9.61. The first kappa shape index (κ1) is 39.8. The van der Waals surface area contributed by atoms with E-state index in [2.05, 4.69) is 16.6 Å². The SMILES string of the molecule is CC[C@@H]1C[C@H](C)CC/C=C\[C@@H]2C[C@@]2(C(=O)NS(=O)(=O)C2(C)CC2)CC(=O)[C@@H]2C[C@@H](Oc3nccc4cc(F)ccc34)CN2C(=O)[C@H]1CC(=O)OC(C)(C)C. The summed E-state index contributed by atoms with van der Waals surface area (Å²) in [5, 5.41) is 1.14. The number of fused-ring (bicyclic) bond motifs is 3. The Kier molecular flexibility index (Phi) is 11.1. The molecule has 2 aliphatic carbocycles. The highest BCUT2D eigenvalue weighted by molar-refractivity contribution is 7.91. The number of carbonyl (C=O) groups excluding carboxylic acids is 4. The van der Waals surface area contributed by atoms with E-state index in [0.29, 0.717) is 49.3 Å². The zero-order valence-corrected chi connectivity index (χ0v) is 33.0. The van der Waals surface area contributed by atoms with E-state index < -0.39 is 61.5 Å². The molecular formula is C41H54FN3O8S. The van der Waals surface area contributed by atoms with Crippen molar-refractivity contribution in [3.8, 4) is 5.88 Å². The predicted octanol–water partition coefficient (Wildman–Crippen LogP) is 6.44. The number of ketones is 1. The van der Waals surface area contributed by atoms with E-state index >= 15 is 0 Å². The van der Waals surface area contributed by atoms with Gasteiger partial charge in [-0.15, -0.1) is 0 Å². The summed E-state index contributed by atoms with van der Waals surface area (Å²) in [7, 11) is -3.96. The summed E-state index contributed by atoms with van der Waals surface area (Å²) in [6, 6.07) is 4.91. The molecule has 2 amide bonds. The second kappa shape index (κ2) is 15.0. The Balaban J connectivity index is 1.36. The first-order valence-corrected chi connectivity index (χ1v) is 20.8. The maximum atomic E-state index is 14.9. The number of carbonyl (C=O) groups is 4. The normalized spacial score (nSPS) is 30.7. The van der Waals surface area contributed by atoms with Crippen LogP contribution in [0.25, 0.3) is 10.8 Å². The molecule has 3 heterocycles. The van der Waals surface area contributed by atoms with E-state index in [1.807, 2.05) is 19.1 Å². The zero-order valence-electron chi connectivity index (χ0n) is 32.2. The molecule has 13 heteroatoms. The van der Waals surface area contributed by atoms with Crippen molar-refractivity contribution in [3.63, 3.8) is 0 Å². The number of pyridine rings is 1. The van der Waals surface area contributed by atoms with Gasteiger partial charge in [-0.25, -0.2) is 17.8 Å². The second-order valence-electron chi connectivity index (χ2n) is 17.4.